The van der Waals surface area contributed by atoms with Crippen molar-refractivity contribution in [3.8, 4) is 0 Å². The molecule has 0 aromatic heterocycles. The van der Waals surface area contributed by atoms with Crippen molar-refractivity contribution in [2.24, 2.45) is 11.8 Å². The van der Waals surface area contributed by atoms with Gasteiger partial charge in [-0.2, -0.15) is 0 Å². The summed E-state index contributed by atoms with van der Waals surface area (Å²) in [6, 6.07) is 0.367. The van der Waals surface area contributed by atoms with E-state index in [-0.39, 0.29) is 42.0 Å². The van der Waals surface area contributed by atoms with Gasteiger partial charge in [0.15, 0.2) is 0 Å². The van der Waals surface area contributed by atoms with Crippen molar-refractivity contribution in [2.75, 3.05) is 26.2 Å². The van der Waals surface area contributed by atoms with Crippen LogP contribution in [0.4, 0.5) is 0 Å². The van der Waals surface area contributed by atoms with Crippen molar-refractivity contribution in [1.82, 2.24) is 15.1 Å². The molecule has 2 aliphatic carbocycles. The van der Waals surface area contributed by atoms with Crippen LogP contribution < -0.4 is 5.32 Å². The number of nitrogens with one attached hydrogen (secondary N) is 1. The lowest BCUT2D eigenvalue weighted by Crippen LogP contribution is -2.70. The molecule has 0 aromatic rings. The van der Waals surface area contributed by atoms with Crippen LogP contribution in [0.2, 0.25) is 0 Å². The Bertz CT molecular complexity index is 558. The molecular formula is C19H28N3O3. The Morgan fingerprint density at radius 1 is 1.36 bits per heavy atom. The zero-order valence-corrected chi connectivity index (χ0v) is 14.9. The second-order valence-electron chi connectivity index (χ2n) is 7.83. The molecule has 5 unspecified atom stereocenters. The van der Waals surface area contributed by atoms with E-state index in [1.807, 2.05) is 0 Å². The summed E-state index contributed by atoms with van der Waals surface area (Å²) in [4.78, 5) is 29.0. The highest BCUT2D eigenvalue weighted by molar-refractivity contribution is 5.87. The van der Waals surface area contributed by atoms with Crippen LogP contribution in [0.1, 0.15) is 26.2 Å². The minimum Gasteiger partial charge on any atom is -0.372 e. The largest absolute Gasteiger partial charge is 0.372 e. The van der Waals surface area contributed by atoms with Crippen LogP contribution in [0.5, 0.6) is 0 Å². The SMILES string of the molecule is C=CC(=O)N1CCOC(C2C(C3[CH]C3)NCC(C)N2C(=O)C2CC2)C1. The van der Waals surface area contributed by atoms with Crippen LogP contribution in [0.3, 0.4) is 0 Å². The molecule has 2 aliphatic heterocycles. The van der Waals surface area contributed by atoms with Crippen molar-refractivity contribution < 1.29 is 14.3 Å². The number of amides is 2. The maximum Gasteiger partial charge on any atom is 0.246 e. The topological polar surface area (TPSA) is 61.9 Å². The van der Waals surface area contributed by atoms with Gasteiger partial charge in [-0.3, -0.25) is 9.59 Å². The van der Waals surface area contributed by atoms with Crippen LogP contribution in [0.15, 0.2) is 12.7 Å². The molecule has 2 saturated carbocycles. The number of nitrogens with zero attached hydrogens (tertiary/aromatic N) is 2. The zero-order valence-electron chi connectivity index (χ0n) is 14.9. The molecule has 1 radical (unpaired) electrons. The highest BCUT2D eigenvalue weighted by Crippen LogP contribution is 2.40. The van der Waals surface area contributed by atoms with E-state index >= 15 is 0 Å². The number of hydrogen-bond acceptors (Lipinski definition) is 4. The number of hydrogen-bond donors (Lipinski definition) is 1. The zero-order chi connectivity index (χ0) is 17.6. The average Bonchev–Trinajstić information content (AvgIpc) is 3.51. The van der Waals surface area contributed by atoms with Crippen molar-refractivity contribution in [3.05, 3.63) is 19.1 Å². The predicted octanol–water partition coefficient (Wildman–Crippen LogP) is 0.591. The highest BCUT2D eigenvalue weighted by Gasteiger charge is 2.51. The summed E-state index contributed by atoms with van der Waals surface area (Å²) in [7, 11) is 0. The highest BCUT2D eigenvalue weighted by atomic mass is 16.5. The number of ether oxygens (including phenoxy) is 1. The summed E-state index contributed by atoms with van der Waals surface area (Å²) in [6.07, 6.45) is 6.63. The summed E-state index contributed by atoms with van der Waals surface area (Å²) in [5.74, 6) is 0.919. The fourth-order valence-corrected chi connectivity index (χ4v) is 4.30. The molecule has 4 fully saturated rings. The standard InChI is InChI=1S/C19H28N3O3/c1-3-16(23)21-8-9-25-15(11-21)18-17(13-4-5-13)20-10-12(2)22(18)19(24)14-6-7-14/h3-4,12-15,17-18,20H,1,5-11H2,2H3. The molecule has 137 valence electrons. The first-order valence-electron chi connectivity index (χ1n) is 9.52. The molecule has 6 nitrogen and oxygen atoms in total. The lowest BCUT2D eigenvalue weighted by Gasteiger charge is -2.51. The van der Waals surface area contributed by atoms with Gasteiger partial charge in [0.1, 0.15) is 0 Å². The number of morpholine rings is 1. The minimum atomic E-state index is -0.144. The number of piperazine rings is 1. The Hall–Kier alpha value is -1.40. The van der Waals surface area contributed by atoms with Gasteiger partial charge in [-0.05, 0) is 44.6 Å². The van der Waals surface area contributed by atoms with E-state index in [9.17, 15) is 9.59 Å². The molecule has 5 atom stereocenters. The molecule has 4 aliphatic rings. The van der Waals surface area contributed by atoms with Gasteiger partial charge in [0.2, 0.25) is 11.8 Å². The fraction of sp³-hybridized carbons (Fsp3) is 0.737. The Morgan fingerprint density at radius 2 is 2.12 bits per heavy atom. The first-order chi connectivity index (χ1) is 12.1. The van der Waals surface area contributed by atoms with E-state index in [1.54, 1.807) is 4.90 Å². The van der Waals surface area contributed by atoms with Crippen LogP contribution in [0.25, 0.3) is 0 Å². The fourth-order valence-electron chi connectivity index (χ4n) is 4.30. The number of carbonyl (C=O) groups excluding carboxylic acids is 2. The summed E-state index contributed by atoms with van der Waals surface area (Å²) >= 11 is 0. The summed E-state index contributed by atoms with van der Waals surface area (Å²) in [6.45, 7) is 8.17. The van der Waals surface area contributed by atoms with Crippen LogP contribution >= 0.6 is 0 Å². The molecule has 25 heavy (non-hydrogen) atoms. The second-order valence-corrected chi connectivity index (χ2v) is 7.83. The molecule has 2 saturated heterocycles. The summed E-state index contributed by atoms with van der Waals surface area (Å²) in [5, 5.41) is 3.65. The molecule has 2 heterocycles. The minimum absolute atomic E-state index is 0.0129. The van der Waals surface area contributed by atoms with Crippen LogP contribution in [0, 0.1) is 18.3 Å². The van der Waals surface area contributed by atoms with Gasteiger partial charge >= 0.3 is 0 Å². The summed E-state index contributed by atoms with van der Waals surface area (Å²) in [5.41, 5.74) is 0. The van der Waals surface area contributed by atoms with Crippen molar-refractivity contribution in [3.63, 3.8) is 0 Å². The van der Waals surface area contributed by atoms with Crippen LogP contribution in [-0.2, 0) is 14.3 Å². The van der Waals surface area contributed by atoms with Crippen LogP contribution in [-0.4, -0.2) is 72.1 Å². The summed E-state index contributed by atoms with van der Waals surface area (Å²) < 4.78 is 6.10. The second kappa shape index (κ2) is 6.72. The molecule has 6 heteroatoms. The van der Waals surface area contributed by atoms with Gasteiger partial charge in [0.05, 0.1) is 18.8 Å². The van der Waals surface area contributed by atoms with Gasteiger partial charge < -0.3 is 19.9 Å². The van der Waals surface area contributed by atoms with Crippen molar-refractivity contribution in [2.45, 2.75) is 50.4 Å². The molecule has 2 amide bonds. The van der Waals surface area contributed by atoms with E-state index in [0.717, 1.165) is 25.8 Å². The van der Waals surface area contributed by atoms with Gasteiger partial charge in [0, 0.05) is 37.6 Å². The van der Waals surface area contributed by atoms with E-state index < -0.39 is 0 Å². The van der Waals surface area contributed by atoms with E-state index in [2.05, 4.69) is 30.1 Å². The van der Waals surface area contributed by atoms with E-state index in [4.69, 9.17) is 4.74 Å². The molecular weight excluding hydrogens is 318 g/mol. The molecule has 0 bridgehead atoms. The number of carbonyl (C=O) groups is 2. The van der Waals surface area contributed by atoms with Gasteiger partial charge in [0.25, 0.3) is 0 Å². The average molecular weight is 346 g/mol. The molecule has 0 spiro atoms. The first kappa shape index (κ1) is 17.0. The third-order valence-corrected chi connectivity index (χ3v) is 5.92. The Morgan fingerprint density at radius 3 is 2.76 bits per heavy atom. The molecule has 1 N–H and O–H groups in total. The maximum atomic E-state index is 13.0. The lowest BCUT2D eigenvalue weighted by atomic mass is 9.90. The van der Waals surface area contributed by atoms with E-state index in [0.29, 0.717) is 25.6 Å². The Labute approximate surface area is 149 Å². The Balaban J connectivity index is 1.59. The van der Waals surface area contributed by atoms with E-state index in [1.165, 1.54) is 6.08 Å². The molecule has 4 rings (SSSR count). The predicted molar refractivity (Wildman–Crippen MR) is 93.5 cm³/mol. The first-order valence-corrected chi connectivity index (χ1v) is 9.52. The normalized spacial score (nSPS) is 36.2. The van der Waals surface area contributed by atoms with Gasteiger partial charge in [-0.25, -0.2) is 0 Å². The Kier molecular flexibility index (Phi) is 4.58. The smallest absolute Gasteiger partial charge is 0.246 e. The monoisotopic (exact) mass is 346 g/mol. The quantitative estimate of drug-likeness (QED) is 0.757. The lowest BCUT2D eigenvalue weighted by molar-refractivity contribution is -0.154. The van der Waals surface area contributed by atoms with Gasteiger partial charge in [-0.15, -0.1) is 0 Å². The third-order valence-electron chi connectivity index (χ3n) is 5.92. The van der Waals surface area contributed by atoms with Crippen molar-refractivity contribution >= 4 is 11.8 Å². The third kappa shape index (κ3) is 3.34. The van der Waals surface area contributed by atoms with Gasteiger partial charge in [-0.1, -0.05) is 6.58 Å². The molecule has 0 aromatic carbocycles. The maximum absolute atomic E-state index is 13.0. The van der Waals surface area contributed by atoms with Crippen molar-refractivity contribution in [1.29, 1.82) is 0 Å². The number of rotatable bonds is 4.